The maximum atomic E-state index is 13.1. The van der Waals surface area contributed by atoms with Crippen LogP contribution in [0, 0.1) is 0 Å². The van der Waals surface area contributed by atoms with E-state index in [1.807, 2.05) is 94.4 Å². The minimum absolute atomic E-state index is 0.0756. The summed E-state index contributed by atoms with van der Waals surface area (Å²) in [5.74, 6) is -1.07. The second kappa shape index (κ2) is 17.9. The number of hydrogen-bond donors (Lipinski definition) is 2. The van der Waals surface area contributed by atoms with Crippen LogP contribution in [0.15, 0.2) is 97.1 Å². The summed E-state index contributed by atoms with van der Waals surface area (Å²) in [6, 6.07) is 29.5. The highest BCUT2D eigenvalue weighted by atomic mass is 16.4. The van der Waals surface area contributed by atoms with Crippen molar-refractivity contribution in [2.45, 2.75) is 51.6 Å². The van der Waals surface area contributed by atoms with Crippen molar-refractivity contribution in [3.63, 3.8) is 0 Å². The van der Waals surface area contributed by atoms with Crippen molar-refractivity contribution in [2.24, 2.45) is 0 Å². The van der Waals surface area contributed by atoms with Gasteiger partial charge in [-0.1, -0.05) is 91.0 Å². The molecule has 0 unspecified atom stereocenters. The molecule has 242 valence electrons. The summed E-state index contributed by atoms with van der Waals surface area (Å²) in [5, 5.41) is 17.8. The van der Waals surface area contributed by atoms with Gasteiger partial charge < -0.3 is 20.0 Å². The van der Waals surface area contributed by atoms with Gasteiger partial charge in [0.25, 0.3) is 0 Å². The first-order valence-corrected chi connectivity index (χ1v) is 15.2. The van der Waals surface area contributed by atoms with Gasteiger partial charge in [0.15, 0.2) is 0 Å². The lowest BCUT2D eigenvalue weighted by Crippen LogP contribution is -2.53. The van der Waals surface area contributed by atoms with E-state index in [1.165, 1.54) is 0 Å². The Morgan fingerprint density at radius 2 is 1.04 bits per heavy atom. The summed E-state index contributed by atoms with van der Waals surface area (Å²) in [7, 11) is 3.61. The van der Waals surface area contributed by atoms with Gasteiger partial charge in [-0.25, -0.2) is 4.79 Å². The molecule has 0 aromatic heterocycles. The van der Waals surface area contributed by atoms with E-state index in [1.54, 1.807) is 34.9 Å². The van der Waals surface area contributed by atoms with E-state index in [0.717, 1.165) is 35.6 Å². The monoisotopic (exact) mass is 615 g/mol. The third-order valence-corrected chi connectivity index (χ3v) is 7.88. The molecule has 0 aliphatic rings. The highest BCUT2D eigenvalue weighted by molar-refractivity contribution is 5.85. The van der Waals surface area contributed by atoms with Gasteiger partial charge in [-0.05, 0) is 63.3 Å². The van der Waals surface area contributed by atoms with Crippen LogP contribution in [0.3, 0.4) is 0 Å². The molecule has 3 rings (SSSR count). The van der Waals surface area contributed by atoms with Crippen LogP contribution in [0.4, 0.5) is 0 Å². The van der Waals surface area contributed by atoms with Crippen molar-refractivity contribution >= 4 is 23.9 Å². The molecule has 0 fully saturated rings. The van der Waals surface area contributed by atoms with Crippen molar-refractivity contribution in [1.29, 1.82) is 0 Å². The van der Waals surface area contributed by atoms with Crippen molar-refractivity contribution in [1.82, 2.24) is 14.7 Å². The summed E-state index contributed by atoms with van der Waals surface area (Å²) in [5.41, 5.74) is 2.45. The summed E-state index contributed by atoms with van der Waals surface area (Å²) in [6.45, 7) is 8.46. The van der Waals surface area contributed by atoms with E-state index in [2.05, 4.69) is 24.3 Å². The van der Waals surface area contributed by atoms with Crippen molar-refractivity contribution in [2.75, 3.05) is 40.3 Å². The van der Waals surface area contributed by atoms with Crippen LogP contribution in [0.25, 0.3) is 6.08 Å². The van der Waals surface area contributed by atoms with Crippen LogP contribution in [-0.2, 0) is 27.2 Å². The number of carboxylic acid groups (broad SMARTS) is 1. The molecule has 8 heteroatoms. The zero-order chi connectivity index (χ0) is 33.5. The van der Waals surface area contributed by atoms with E-state index >= 15 is 0 Å². The fourth-order valence-corrected chi connectivity index (χ4v) is 4.78. The fourth-order valence-electron chi connectivity index (χ4n) is 4.78. The van der Waals surface area contributed by atoms with E-state index in [4.69, 9.17) is 5.11 Å². The first-order chi connectivity index (χ1) is 21.2. The molecular weight excluding hydrogens is 566 g/mol. The fraction of sp³-hybridized carbons (Fsp3) is 0.378. The number of hydrogen-bond acceptors (Lipinski definition) is 5. The molecule has 0 radical (unpaired) electrons. The van der Waals surface area contributed by atoms with E-state index in [-0.39, 0.29) is 49.1 Å². The lowest BCUT2D eigenvalue weighted by atomic mass is 9.93. The Hall–Kier alpha value is -4.27. The standard InChI is InChI=1S/C28H41N3O3.C9H8O2/c1-27(2,19-23-13-9-7-10-14-23)29(5)25(33)21-31(17-18-32)22-26(34)30(6)28(3,4)20-24-15-11-8-12-16-24;10-9(11)7-6-8-4-2-1-3-5-8/h7-16,32H,17-22H2,1-6H3;1-7H,(H,10,11)/b;7-6+. The van der Waals surface area contributed by atoms with E-state index in [0.29, 0.717) is 0 Å². The molecule has 45 heavy (non-hydrogen) atoms. The van der Waals surface area contributed by atoms with Crippen LogP contribution in [0.5, 0.6) is 0 Å². The van der Waals surface area contributed by atoms with Gasteiger partial charge >= 0.3 is 5.97 Å². The predicted octanol–water partition coefficient (Wildman–Crippen LogP) is 5.02. The average molecular weight is 616 g/mol. The normalized spacial score (nSPS) is 11.6. The number of benzene rings is 3. The molecule has 0 aliphatic carbocycles. The van der Waals surface area contributed by atoms with Gasteiger partial charge in [-0.2, -0.15) is 0 Å². The van der Waals surface area contributed by atoms with Crippen molar-refractivity contribution in [3.05, 3.63) is 114 Å². The average Bonchev–Trinajstić information content (AvgIpc) is 3.00. The number of nitrogens with zero attached hydrogens (tertiary/aromatic N) is 3. The van der Waals surface area contributed by atoms with E-state index in [9.17, 15) is 19.5 Å². The first kappa shape index (κ1) is 36.9. The maximum Gasteiger partial charge on any atom is 0.328 e. The molecule has 0 saturated carbocycles. The second-order valence-electron chi connectivity index (χ2n) is 12.4. The number of rotatable bonds is 14. The van der Waals surface area contributed by atoms with Crippen LogP contribution >= 0.6 is 0 Å². The van der Waals surface area contributed by atoms with Crippen LogP contribution in [0.2, 0.25) is 0 Å². The number of carbonyl (C=O) groups is 3. The largest absolute Gasteiger partial charge is 0.478 e. The Morgan fingerprint density at radius 3 is 1.40 bits per heavy atom. The Morgan fingerprint density at radius 1 is 0.667 bits per heavy atom. The van der Waals surface area contributed by atoms with Crippen molar-refractivity contribution in [3.8, 4) is 0 Å². The smallest absolute Gasteiger partial charge is 0.328 e. The number of aliphatic carboxylic acids is 1. The highest BCUT2D eigenvalue weighted by Crippen LogP contribution is 2.21. The zero-order valence-electron chi connectivity index (χ0n) is 27.5. The second-order valence-corrected chi connectivity index (χ2v) is 12.4. The molecule has 0 heterocycles. The summed E-state index contributed by atoms with van der Waals surface area (Å²) < 4.78 is 0. The molecule has 0 bridgehead atoms. The van der Waals surface area contributed by atoms with Crippen LogP contribution in [0.1, 0.15) is 44.4 Å². The minimum Gasteiger partial charge on any atom is -0.478 e. The molecule has 2 amide bonds. The third kappa shape index (κ3) is 13.1. The quantitative estimate of drug-likeness (QED) is 0.247. The maximum absolute atomic E-state index is 13.1. The third-order valence-electron chi connectivity index (χ3n) is 7.88. The molecule has 2 N–H and O–H groups in total. The van der Waals surface area contributed by atoms with Crippen LogP contribution < -0.4 is 0 Å². The summed E-state index contributed by atoms with van der Waals surface area (Å²) >= 11 is 0. The van der Waals surface area contributed by atoms with Gasteiger partial charge in [0.05, 0.1) is 19.7 Å². The predicted molar refractivity (Wildman–Crippen MR) is 181 cm³/mol. The van der Waals surface area contributed by atoms with Gasteiger partial charge in [-0.15, -0.1) is 0 Å². The number of likely N-dealkylation sites (N-methyl/N-ethyl adjacent to an activating group) is 2. The number of carboxylic acids is 1. The number of amides is 2. The number of carbonyl (C=O) groups excluding carboxylic acids is 2. The molecule has 3 aromatic carbocycles. The molecule has 0 spiro atoms. The Kier molecular flexibility index (Phi) is 14.7. The molecule has 0 saturated heterocycles. The Balaban J connectivity index is 0.000000537. The van der Waals surface area contributed by atoms with Gasteiger partial charge in [0, 0.05) is 37.8 Å². The lowest BCUT2D eigenvalue weighted by molar-refractivity contribution is -0.139. The number of aliphatic hydroxyl groups is 1. The summed E-state index contributed by atoms with van der Waals surface area (Å²) in [6.07, 6.45) is 4.13. The molecule has 0 aliphatic heterocycles. The minimum atomic E-state index is -0.922. The van der Waals surface area contributed by atoms with Gasteiger partial charge in [-0.3, -0.25) is 14.5 Å². The highest BCUT2D eigenvalue weighted by Gasteiger charge is 2.31. The van der Waals surface area contributed by atoms with Crippen LogP contribution in [-0.4, -0.2) is 94.1 Å². The van der Waals surface area contributed by atoms with Gasteiger partial charge in [0.2, 0.25) is 11.8 Å². The summed E-state index contributed by atoms with van der Waals surface area (Å²) in [4.78, 5) is 41.6. The van der Waals surface area contributed by atoms with Crippen molar-refractivity contribution < 1.29 is 24.6 Å². The molecule has 8 nitrogen and oxygen atoms in total. The first-order valence-electron chi connectivity index (χ1n) is 15.2. The Labute approximate surface area is 268 Å². The molecule has 3 aromatic rings. The zero-order valence-corrected chi connectivity index (χ0v) is 27.5. The Bertz CT molecular complexity index is 1290. The topological polar surface area (TPSA) is 101 Å². The van der Waals surface area contributed by atoms with Gasteiger partial charge in [0.1, 0.15) is 0 Å². The number of aliphatic hydroxyl groups excluding tert-OH is 1. The molecular formula is C37H49N3O5. The van der Waals surface area contributed by atoms with E-state index < -0.39 is 5.97 Å². The SMILES string of the molecule is CN(C(=O)CN(CCO)CC(=O)N(C)C(C)(C)Cc1ccccc1)C(C)(C)Cc1ccccc1.O=C(O)/C=C/c1ccccc1. The lowest BCUT2D eigenvalue weighted by Gasteiger charge is -2.39. The molecule has 0 atom stereocenters.